The van der Waals surface area contributed by atoms with Gasteiger partial charge in [-0.05, 0) is 37.1 Å². The number of benzene rings is 1. The van der Waals surface area contributed by atoms with E-state index in [1.165, 1.54) is 23.1 Å². The van der Waals surface area contributed by atoms with Crippen molar-refractivity contribution in [2.24, 2.45) is 11.8 Å². The van der Waals surface area contributed by atoms with Gasteiger partial charge in [-0.15, -0.1) is 0 Å². The molecule has 9 heteroatoms. The Kier molecular flexibility index (Phi) is 5.02. The molecule has 1 aliphatic carbocycles. The molecule has 0 fully saturated rings. The summed E-state index contributed by atoms with van der Waals surface area (Å²) in [7, 11) is 0. The lowest BCUT2D eigenvalue weighted by molar-refractivity contribution is -0.146. The molecule has 0 saturated heterocycles. The van der Waals surface area contributed by atoms with Gasteiger partial charge in [0, 0.05) is 12.4 Å². The van der Waals surface area contributed by atoms with E-state index in [-0.39, 0.29) is 24.2 Å². The number of allylic oxidation sites excluding steroid dienone is 2. The number of aliphatic carboxylic acids is 1. The van der Waals surface area contributed by atoms with E-state index >= 15 is 0 Å². The molecule has 0 unspecified atom stereocenters. The molecule has 3 rings (SSSR count). The van der Waals surface area contributed by atoms with Crippen LogP contribution in [0.3, 0.4) is 0 Å². The first kappa shape index (κ1) is 18.7. The van der Waals surface area contributed by atoms with Crippen LogP contribution in [0, 0.1) is 11.8 Å². The van der Waals surface area contributed by atoms with Gasteiger partial charge in [0.2, 0.25) is 5.91 Å². The maximum absolute atomic E-state index is 13.1. The Labute approximate surface area is 152 Å². The third-order valence-electron chi connectivity index (χ3n) is 4.42. The monoisotopic (exact) mass is 379 g/mol. The zero-order valence-corrected chi connectivity index (χ0v) is 14.0. The molecule has 0 bridgehead atoms. The van der Waals surface area contributed by atoms with E-state index in [4.69, 9.17) is 0 Å². The molecule has 142 valence electrons. The molecule has 0 saturated carbocycles. The number of halogens is 3. The van der Waals surface area contributed by atoms with Gasteiger partial charge in [-0.1, -0.05) is 12.2 Å². The fraction of sp³-hybridized carbons (Fsp3) is 0.278. The van der Waals surface area contributed by atoms with Gasteiger partial charge in [0.1, 0.15) is 0 Å². The number of carboxylic acid groups (broad SMARTS) is 1. The number of carbonyl (C=O) groups excluding carboxylic acids is 1. The minimum Gasteiger partial charge on any atom is -0.481 e. The molecule has 2 atom stereocenters. The number of carbonyl (C=O) groups is 2. The minimum atomic E-state index is -4.58. The maximum Gasteiger partial charge on any atom is 0.416 e. The first-order valence-corrected chi connectivity index (χ1v) is 8.17. The molecule has 0 spiro atoms. The van der Waals surface area contributed by atoms with Crippen molar-refractivity contribution in [3.8, 4) is 5.69 Å². The van der Waals surface area contributed by atoms with Gasteiger partial charge in [0.15, 0.2) is 0 Å². The van der Waals surface area contributed by atoms with Crippen LogP contribution in [0.25, 0.3) is 5.69 Å². The molecule has 2 N–H and O–H groups in total. The van der Waals surface area contributed by atoms with Crippen LogP contribution in [-0.2, 0) is 15.8 Å². The Morgan fingerprint density at radius 2 is 1.89 bits per heavy atom. The van der Waals surface area contributed by atoms with E-state index in [1.54, 1.807) is 18.2 Å². The predicted molar refractivity (Wildman–Crippen MR) is 90.2 cm³/mol. The number of alkyl halides is 3. The Morgan fingerprint density at radius 3 is 2.48 bits per heavy atom. The number of amides is 1. The van der Waals surface area contributed by atoms with E-state index in [2.05, 4.69) is 10.4 Å². The Bertz CT molecular complexity index is 876. The highest BCUT2D eigenvalue weighted by atomic mass is 19.4. The number of nitrogens with one attached hydrogen (secondary N) is 1. The summed E-state index contributed by atoms with van der Waals surface area (Å²) < 4.78 is 40.6. The number of rotatable bonds is 4. The van der Waals surface area contributed by atoms with E-state index in [9.17, 15) is 27.9 Å². The van der Waals surface area contributed by atoms with Crippen molar-refractivity contribution in [2.75, 3.05) is 5.32 Å². The third-order valence-corrected chi connectivity index (χ3v) is 4.42. The highest BCUT2D eigenvalue weighted by Gasteiger charge is 2.35. The summed E-state index contributed by atoms with van der Waals surface area (Å²) in [5, 5.41) is 15.8. The summed E-state index contributed by atoms with van der Waals surface area (Å²) in [4.78, 5) is 24.0. The van der Waals surface area contributed by atoms with E-state index < -0.39 is 35.5 Å². The van der Waals surface area contributed by atoms with Crippen LogP contribution < -0.4 is 5.32 Å². The molecule has 27 heavy (non-hydrogen) atoms. The Balaban J connectivity index is 1.95. The third kappa shape index (κ3) is 4.02. The first-order chi connectivity index (χ1) is 12.8. The fourth-order valence-corrected chi connectivity index (χ4v) is 3.03. The second-order valence-corrected chi connectivity index (χ2v) is 6.16. The van der Waals surface area contributed by atoms with Crippen molar-refractivity contribution < 1.29 is 27.9 Å². The number of carboxylic acids is 1. The highest BCUT2D eigenvalue weighted by Crippen LogP contribution is 2.34. The van der Waals surface area contributed by atoms with Gasteiger partial charge < -0.3 is 10.4 Å². The van der Waals surface area contributed by atoms with Gasteiger partial charge in [-0.3, -0.25) is 9.59 Å². The van der Waals surface area contributed by atoms with Crippen LogP contribution in [0.4, 0.5) is 18.9 Å². The lowest BCUT2D eigenvalue weighted by Gasteiger charge is -2.25. The topological polar surface area (TPSA) is 84.2 Å². The van der Waals surface area contributed by atoms with Crippen molar-refractivity contribution in [3.05, 3.63) is 54.4 Å². The molecular weight excluding hydrogens is 363 g/mol. The second kappa shape index (κ2) is 7.26. The standard InChI is InChI=1S/C18H16F3N3O3/c19-18(20,21)11-6-7-15(24-9-3-8-22-24)14(10-11)23-16(25)12-4-1-2-5-13(12)17(26)27/h1-3,6-10,12-13H,4-5H2,(H,23,25)(H,26,27)/t12-,13-/m0/s1. The predicted octanol–water partition coefficient (Wildman–Crippen LogP) is 3.50. The number of hydrogen-bond donors (Lipinski definition) is 2. The number of hydrogen-bond acceptors (Lipinski definition) is 3. The molecular formula is C18H16F3N3O3. The molecule has 6 nitrogen and oxygen atoms in total. The van der Waals surface area contributed by atoms with Crippen LogP contribution in [0.2, 0.25) is 0 Å². The van der Waals surface area contributed by atoms with Crippen LogP contribution in [0.5, 0.6) is 0 Å². The summed E-state index contributed by atoms with van der Waals surface area (Å²) in [5.41, 5.74) is -0.760. The van der Waals surface area contributed by atoms with Gasteiger partial charge in [0.25, 0.3) is 0 Å². The summed E-state index contributed by atoms with van der Waals surface area (Å²) >= 11 is 0. The SMILES string of the molecule is O=C(O)[C@H]1CC=CC[C@@H]1C(=O)Nc1cc(C(F)(F)F)ccc1-n1cccn1. The molecule has 1 aromatic carbocycles. The minimum absolute atomic E-state index is 0.0859. The Morgan fingerprint density at radius 1 is 1.19 bits per heavy atom. The zero-order valence-electron chi connectivity index (χ0n) is 14.0. The molecule has 0 aliphatic heterocycles. The van der Waals surface area contributed by atoms with Crippen molar-refractivity contribution in [3.63, 3.8) is 0 Å². The average molecular weight is 379 g/mol. The first-order valence-electron chi connectivity index (χ1n) is 8.17. The lowest BCUT2D eigenvalue weighted by atomic mass is 9.82. The second-order valence-electron chi connectivity index (χ2n) is 6.16. The molecule has 2 aromatic rings. The highest BCUT2D eigenvalue weighted by molar-refractivity contribution is 5.97. The summed E-state index contributed by atoms with van der Waals surface area (Å²) in [6, 6.07) is 4.52. The van der Waals surface area contributed by atoms with Crippen LogP contribution in [0.15, 0.2) is 48.8 Å². The van der Waals surface area contributed by atoms with Crippen molar-refractivity contribution in [1.29, 1.82) is 0 Å². The largest absolute Gasteiger partial charge is 0.481 e. The van der Waals surface area contributed by atoms with E-state index in [0.717, 1.165) is 12.1 Å². The quantitative estimate of drug-likeness (QED) is 0.797. The molecule has 1 heterocycles. The number of anilines is 1. The molecule has 0 radical (unpaired) electrons. The maximum atomic E-state index is 13.1. The number of aromatic nitrogens is 2. The molecule has 1 aromatic heterocycles. The Hall–Kier alpha value is -3.10. The lowest BCUT2D eigenvalue weighted by Crippen LogP contribution is -2.35. The normalized spacial score (nSPS) is 19.7. The fourth-order valence-electron chi connectivity index (χ4n) is 3.03. The van der Waals surface area contributed by atoms with Crippen molar-refractivity contribution in [1.82, 2.24) is 9.78 Å². The van der Waals surface area contributed by atoms with Gasteiger partial charge in [0.05, 0.1) is 28.8 Å². The average Bonchev–Trinajstić information content (AvgIpc) is 3.15. The van der Waals surface area contributed by atoms with Crippen molar-refractivity contribution in [2.45, 2.75) is 19.0 Å². The summed E-state index contributed by atoms with van der Waals surface area (Å²) in [6.45, 7) is 0. The van der Waals surface area contributed by atoms with Crippen LogP contribution >= 0.6 is 0 Å². The number of nitrogens with zero attached hydrogens (tertiary/aromatic N) is 2. The molecule has 1 amide bonds. The molecule has 1 aliphatic rings. The zero-order chi connectivity index (χ0) is 19.6. The van der Waals surface area contributed by atoms with E-state index in [1.807, 2.05) is 0 Å². The van der Waals surface area contributed by atoms with Crippen LogP contribution in [-0.4, -0.2) is 26.8 Å². The van der Waals surface area contributed by atoms with Crippen LogP contribution in [0.1, 0.15) is 18.4 Å². The smallest absolute Gasteiger partial charge is 0.416 e. The summed E-state index contributed by atoms with van der Waals surface area (Å²) in [6.07, 6.45) is 2.18. The summed E-state index contributed by atoms with van der Waals surface area (Å²) in [5.74, 6) is -3.54. The van der Waals surface area contributed by atoms with Gasteiger partial charge >= 0.3 is 12.1 Å². The van der Waals surface area contributed by atoms with Gasteiger partial charge in [-0.2, -0.15) is 18.3 Å². The van der Waals surface area contributed by atoms with Gasteiger partial charge in [-0.25, -0.2) is 4.68 Å². The van der Waals surface area contributed by atoms with Crippen molar-refractivity contribution >= 4 is 17.6 Å². The van der Waals surface area contributed by atoms with E-state index in [0.29, 0.717) is 0 Å².